The van der Waals surface area contributed by atoms with Gasteiger partial charge >= 0.3 is 5.97 Å². The Bertz CT molecular complexity index is 686. The number of aliphatic carboxylic acids is 1. The molecule has 7 heteroatoms. The molecule has 0 aliphatic carbocycles. The number of carboxylic acid groups (broad SMARTS) is 1. The fourth-order valence-electron chi connectivity index (χ4n) is 1.90. The number of halogens is 1. The zero-order chi connectivity index (χ0) is 16.7. The SMILES string of the molecule is O=C(O)COc1cccc(CNC(=O)CCc2ccc(Cl)s2)c1. The number of nitrogens with one attached hydrogen (secondary N) is 1. The Morgan fingerprint density at radius 2 is 2.09 bits per heavy atom. The number of ether oxygens (including phenoxy) is 1. The van der Waals surface area contributed by atoms with Crippen LogP contribution in [0.4, 0.5) is 0 Å². The minimum atomic E-state index is -1.03. The first-order valence-electron chi connectivity index (χ1n) is 6.97. The maximum Gasteiger partial charge on any atom is 0.341 e. The molecule has 23 heavy (non-hydrogen) atoms. The van der Waals surface area contributed by atoms with E-state index in [1.807, 2.05) is 18.2 Å². The van der Waals surface area contributed by atoms with Crippen molar-refractivity contribution >= 4 is 34.8 Å². The Balaban J connectivity index is 1.77. The van der Waals surface area contributed by atoms with Crippen LogP contribution in [0, 0.1) is 0 Å². The Labute approximate surface area is 142 Å². The number of amides is 1. The molecule has 1 heterocycles. The highest BCUT2D eigenvalue weighted by Gasteiger charge is 2.05. The van der Waals surface area contributed by atoms with Gasteiger partial charge in [-0.2, -0.15) is 0 Å². The van der Waals surface area contributed by atoms with Crippen LogP contribution in [0.5, 0.6) is 5.75 Å². The summed E-state index contributed by atoms with van der Waals surface area (Å²) >= 11 is 7.32. The van der Waals surface area contributed by atoms with E-state index in [9.17, 15) is 9.59 Å². The number of carbonyl (C=O) groups is 2. The minimum Gasteiger partial charge on any atom is -0.482 e. The molecular formula is C16H16ClNO4S. The summed E-state index contributed by atoms with van der Waals surface area (Å²) in [5.41, 5.74) is 0.848. The third-order valence-corrected chi connectivity index (χ3v) is 4.27. The predicted octanol–water partition coefficient (Wildman–Crippen LogP) is 3.11. The van der Waals surface area contributed by atoms with Crippen LogP contribution in [0.25, 0.3) is 0 Å². The van der Waals surface area contributed by atoms with E-state index in [-0.39, 0.29) is 12.5 Å². The molecule has 0 saturated carbocycles. The van der Waals surface area contributed by atoms with Crippen LogP contribution < -0.4 is 10.1 Å². The van der Waals surface area contributed by atoms with Gasteiger partial charge in [0.1, 0.15) is 5.75 Å². The number of benzene rings is 1. The second kappa shape index (κ2) is 8.55. The maximum atomic E-state index is 11.8. The van der Waals surface area contributed by atoms with E-state index in [0.29, 0.717) is 25.1 Å². The van der Waals surface area contributed by atoms with Gasteiger partial charge in [-0.05, 0) is 36.2 Å². The van der Waals surface area contributed by atoms with Crippen molar-refractivity contribution in [3.63, 3.8) is 0 Å². The number of rotatable bonds is 8. The molecule has 0 fully saturated rings. The molecule has 0 bridgehead atoms. The minimum absolute atomic E-state index is 0.0496. The largest absolute Gasteiger partial charge is 0.482 e. The first-order valence-corrected chi connectivity index (χ1v) is 8.17. The Kier molecular flexibility index (Phi) is 6.43. The van der Waals surface area contributed by atoms with Crippen LogP contribution in [-0.2, 0) is 22.6 Å². The van der Waals surface area contributed by atoms with Crippen molar-refractivity contribution in [2.45, 2.75) is 19.4 Å². The van der Waals surface area contributed by atoms with Crippen molar-refractivity contribution in [1.29, 1.82) is 0 Å². The summed E-state index contributed by atoms with van der Waals surface area (Å²) in [5.74, 6) is -0.615. The third kappa shape index (κ3) is 6.30. The van der Waals surface area contributed by atoms with E-state index in [4.69, 9.17) is 21.4 Å². The average molecular weight is 354 g/mol. The topological polar surface area (TPSA) is 75.6 Å². The highest BCUT2D eigenvalue weighted by molar-refractivity contribution is 7.16. The van der Waals surface area contributed by atoms with Crippen LogP contribution in [-0.4, -0.2) is 23.6 Å². The summed E-state index contributed by atoms with van der Waals surface area (Å²) < 4.78 is 5.82. The molecule has 2 aromatic rings. The highest BCUT2D eigenvalue weighted by Crippen LogP contribution is 2.22. The van der Waals surface area contributed by atoms with Crippen LogP contribution in [0.3, 0.4) is 0 Å². The molecule has 2 N–H and O–H groups in total. The molecule has 0 aliphatic heterocycles. The van der Waals surface area contributed by atoms with Gasteiger partial charge in [-0.1, -0.05) is 23.7 Å². The summed E-state index contributed by atoms with van der Waals surface area (Å²) in [6, 6.07) is 10.7. The molecule has 122 valence electrons. The Morgan fingerprint density at radius 1 is 1.26 bits per heavy atom. The number of carbonyl (C=O) groups excluding carboxylic acids is 1. The van der Waals surface area contributed by atoms with Crippen LogP contribution in [0.15, 0.2) is 36.4 Å². The normalized spacial score (nSPS) is 10.3. The van der Waals surface area contributed by atoms with Crippen LogP contribution in [0.2, 0.25) is 4.34 Å². The molecule has 0 unspecified atom stereocenters. The average Bonchev–Trinajstić information content (AvgIpc) is 2.95. The van der Waals surface area contributed by atoms with E-state index in [2.05, 4.69) is 5.32 Å². The molecule has 0 atom stereocenters. The first kappa shape index (κ1) is 17.3. The lowest BCUT2D eigenvalue weighted by Gasteiger charge is -2.07. The lowest BCUT2D eigenvalue weighted by Crippen LogP contribution is -2.22. The van der Waals surface area contributed by atoms with E-state index in [1.165, 1.54) is 11.3 Å². The van der Waals surface area contributed by atoms with Crippen molar-refractivity contribution in [2.24, 2.45) is 0 Å². The number of hydrogen-bond acceptors (Lipinski definition) is 4. The fraction of sp³-hybridized carbons (Fsp3) is 0.250. The number of aryl methyl sites for hydroxylation is 1. The summed E-state index contributed by atoms with van der Waals surface area (Å²) in [6.07, 6.45) is 1.05. The zero-order valence-corrected chi connectivity index (χ0v) is 13.8. The molecule has 0 aliphatic rings. The molecule has 0 radical (unpaired) electrons. The van der Waals surface area contributed by atoms with Gasteiger partial charge in [-0.15, -0.1) is 11.3 Å². The van der Waals surface area contributed by atoms with Crippen LogP contribution in [0.1, 0.15) is 16.9 Å². The smallest absolute Gasteiger partial charge is 0.341 e. The molecule has 1 amide bonds. The van der Waals surface area contributed by atoms with Gasteiger partial charge in [0.05, 0.1) is 4.34 Å². The van der Waals surface area contributed by atoms with Crippen LogP contribution >= 0.6 is 22.9 Å². The standard InChI is InChI=1S/C16H16ClNO4S/c17-14-6-4-13(23-14)5-7-15(19)18-9-11-2-1-3-12(8-11)22-10-16(20)21/h1-4,6,8H,5,7,9-10H2,(H,18,19)(H,20,21). The molecule has 2 rings (SSSR count). The van der Waals surface area contributed by atoms with E-state index >= 15 is 0 Å². The molecule has 0 spiro atoms. The maximum absolute atomic E-state index is 11.8. The summed E-state index contributed by atoms with van der Waals surface area (Å²) in [7, 11) is 0. The molecule has 1 aromatic carbocycles. The number of hydrogen-bond donors (Lipinski definition) is 2. The third-order valence-electron chi connectivity index (χ3n) is 2.98. The van der Waals surface area contributed by atoms with Gasteiger partial charge in [0.2, 0.25) is 5.91 Å². The van der Waals surface area contributed by atoms with E-state index in [1.54, 1.807) is 18.2 Å². The number of thiophene rings is 1. The van der Waals surface area contributed by atoms with E-state index < -0.39 is 5.97 Å². The highest BCUT2D eigenvalue weighted by atomic mass is 35.5. The van der Waals surface area contributed by atoms with Crippen molar-refractivity contribution in [2.75, 3.05) is 6.61 Å². The summed E-state index contributed by atoms with van der Waals surface area (Å²) in [5, 5.41) is 11.4. The van der Waals surface area contributed by atoms with Crippen molar-refractivity contribution < 1.29 is 19.4 Å². The van der Waals surface area contributed by atoms with Gasteiger partial charge in [0.15, 0.2) is 6.61 Å². The van der Waals surface area contributed by atoms with Crippen molar-refractivity contribution in [3.8, 4) is 5.75 Å². The summed E-state index contributed by atoms with van der Waals surface area (Å²) in [6.45, 7) is -0.0203. The molecule has 5 nitrogen and oxygen atoms in total. The predicted molar refractivity (Wildman–Crippen MR) is 89.1 cm³/mol. The van der Waals surface area contributed by atoms with Gasteiger partial charge in [0.25, 0.3) is 0 Å². The zero-order valence-electron chi connectivity index (χ0n) is 12.3. The summed E-state index contributed by atoms with van der Waals surface area (Å²) in [4.78, 5) is 23.4. The molecular weight excluding hydrogens is 338 g/mol. The quantitative estimate of drug-likeness (QED) is 0.764. The number of carboxylic acids is 1. The Morgan fingerprint density at radius 3 is 2.78 bits per heavy atom. The first-order chi connectivity index (χ1) is 11.0. The fourth-order valence-corrected chi connectivity index (χ4v) is 2.99. The van der Waals surface area contributed by atoms with Gasteiger partial charge < -0.3 is 15.2 Å². The molecule has 1 aromatic heterocycles. The van der Waals surface area contributed by atoms with Crippen molar-refractivity contribution in [1.82, 2.24) is 5.32 Å². The Hall–Kier alpha value is -2.05. The lowest BCUT2D eigenvalue weighted by atomic mass is 10.2. The van der Waals surface area contributed by atoms with Crippen molar-refractivity contribution in [3.05, 3.63) is 51.2 Å². The second-order valence-electron chi connectivity index (χ2n) is 4.81. The van der Waals surface area contributed by atoms with Gasteiger partial charge in [0, 0.05) is 17.8 Å². The van der Waals surface area contributed by atoms with Gasteiger partial charge in [-0.25, -0.2) is 4.79 Å². The second-order valence-corrected chi connectivity index (χ2v) is 6.61. The monoisotopic (exact) mass is 353 g/mol. The van der Waals surface area contributed by atoms with Gasteiger partial charge in [-0.3, -0.25) is 4.79 Å². The van der Waals surface area contributed by atoms with E-state index in [0.717, 1.165) is 14.8 Å². The lowest BCUT2D eigenvalue weighted by molar-refractivity contribution is -0.139. The molecule has 0 saturated heterocycles.